The topological polar surface area (TPSA) is 101 Å². The first kappa shape index (κ1) is 22.8. The van der Waals surface area contributed by atoms with Gasteiger partial charge in [-0.15, -0.1) is 0 Å². The minimum Gasteiger partial charge on any atom is -0.340 e. The maximum atomic E-state index is 12.6. The Hall–Kier alpha value is -0.870. The van der Waals surface area contributed by atoms with Gasteiger partial charge >= 0.3 is 0 Å². The summed E-state index contributed by atoms with van der Waals surface area (Å²) in [6, 6.07) is 4.37. The number of hydrogen-bond acceptors (Lipinski definition) is 5. The fourth-order valence-electron chi connectivity index (χ4n) is 3.78. The van der Waals surface area contributed by atoms with Crippen LogP contribution in [0.3, 0.4) is 0 Å². The lowest BCUT2D eigenvalue weighted by atomic mass is 10.0. The Morgan fingerprint density at radius 3 is 2.17 bits per heavy atom. The van der Waals surface area contributed by atoms with E-state index in [1.807, 2.05) is 0 Å². The number of nitrogens with one attached hydrogen (secondary N) is 1. The summed E-state index contributed by atoms with van der Waals surface area (Å²) in [4.78, 5) is 13.5. The third kappa shape index (κ3) is 5.07. The summed E-state index contributed by atoms with van der Waals surface area (Å²) in [7, 11) is -7.18. The molecule has 0 radical (unpaired) electrons. The van der Waals surface area contributed by atoms with Crippen LogP contribution in [0.1, 0.15) is 38.5 Å². The average Bonchev–Trinajstić information content (AvgIpc) is 2.60. The van der Waals surface area contributed by atoms with Gasteiger partial charge in [-0.2, -0.15) is 0 Å². The van der Waals surface area contributed by atoms with Gasteiger partial charge in [-0.05, 0) is 25.0 Å². The van der Waals surface area contributed by atoms with Gasteiger partial charge in [0.25, 0.3) is 0 Å². The molecule has 3 rings (SSSR count). The van der Waals surface area contributed by atoms with Crippen molar-refractivity contribution in [2.24, 2.45) is 0 Å². The van der Waals surface area contributed by atoms with Crippen LogP contribution in [0.5, 0.6) is 0 Å². The van der Waals surface area contributed by atoms with Crippen LogP contribution < -0.4 is 4.72 Å². The molecule has 7 nitrogen and oxygen atoms in total. The first-order valence-corrected chi connectivity index (χ1v) is 13.4. The predicted molar refractivity (Wildman–Crippen MR) is 112 cm³/mol. The van der Waals surface area contributed by atoms with Crippen molar-refractivity contribution in [2.75, 3.05) is 19.6 Å². The van der Waals surface area contributed by atoms with Crippen molar-refractivity contribution in [2.45, 2.75) is 53.9 Å². The third-order valence-corrected chi connectivity index (χ3v) is 10.5. The van der Waals surface area contributed by atoms with Crippen molar-refractivity contribution in [3.63, 3.8) is 0 Å². The summed E-state index contributed by atoms with van der Waals surface area (Å²) in [6.07, 6.45) is 4.30. The van der Waals surface area contributed by atoms with Crippen LogP contribution in [0.15, 0.2) is 23.1 Å². The highest BCUT2D eigenvalue weighted by atomic mass is 35.5. The van der Waals surface area contributed by atoms with Gasteiger partial charge in [0.15, 0.2) is 9.84 Å². The van der Waals surface area contributed by atoms with Gasteiger partial charge in [0, 0.05) is 26.1 Å². The maximum Gasteiger partial charge on any atom is 0.243 e. The number of amides is 1. The zero-order valence-electron chi connectivity index (χ0n) is 15.8. The summed E-state index contributed by atoms with van der Waals surface area (Å²) >= 11 is 11.8. The highest BCUT2D eigenvalue weighted by Gasteiger charge is 2.43. The molecule has 1 saturated carbocycles. The summed E-state index contributed by atoms with van der Waals surface area (Å²) < 4.78 is 52.4. The smallest absolute Gasteiger partial charge is 0.243 e. The number of sulfone groups is 1. The first-order valence-electron chi connectivity index (χ1n) is 9.57. The summed E-state index contributed by atoms with van der Waals surface area (Å²) in [5.41, 5.74) is 0. The molecule has 11 heteroatoms. The number of likely N-dealkylation sites (tertiary alicyclic amines) is 1. The van der Waals surface area contributed by atoms with E-state index in [4.69, 9.17) is 23.2 Å². The molecule has 162 valence electrons. The van der Waals surface area contributed by atoms with E-state index in [1.165, 1.54) is 23.1 Å². The molecule has 29 heavy (non-hydrogen) atoms. The third-order valence-electron chi connectivity index (χ3n) is 5.50. The number of carbonyl (C=O) groups excluding carboxylic acids is 1. The van der Waals surface area contributed by atoms with E-state index in [9.17, 15) is 21.6 Å². The van der Waals surface area contributed by atoms with Crippen molar-refractivity contribution in [1.82, 2.24) is 9.62 Å². The minimum absolute atomic E-state index is 0.00479. The van der Waals surface area contributed by atoms with E-state index in [-0.39, 0.29) is 52.2 Å². The number of hydrogen-bond donors (Lipinski definition) is 1. The Balaban J connectivity index is 1.49. The monoisotopic (exact) mass is 482 g/mol. The Kier molecular flexibility index (Phi) is 7.15. The van der Waals surface area contributed by atoms with E-state index in [1.54, 1.807) is 0 Å². The number of sulfonamides is 1. The van der Waals surface area contributed by atoms with Crippen LogP contribution in [0.2, 0.25) is 10.0 Å². The van der Waals surface area contributed by atoms with E-state index in [0.29, 0.717) is 12.8 Å². The van der Waals surface area contributed by atoms with Crippen LogP contribution in [0, 0.1) is 0 Å². The van der Waals surface area contributed by atoms with Crippen molar-refractivity contribution in [1.29, 1.82) is 0 Å². The molecule has 1 aromatic rings. The molecule has 0 atom stereocenters. The molecule has 1 aliphatic heterocycles. The van der Waals surface area contributed by atoms with Gasteiger partial charge in [-0.25, -0.2) is 21.6 Å². The second kappa shape index (κ2) is 9.09. The molecule has 2 fully saturated rings. The molecule has 2 aliphatic rings. The van der Waals surface area contributed by atoms with Gasteiger partial charge < -0.3 is 4.90 Å². The molecule has 1 amide bonds. The van der Waals surface area contributed by atoms with E-state index in [2.05, 4.69) is 4.72 Å². The van der Waals surface area contributed by atoms with Gasteiger partial charge in [-0.3, -0.25) is 4.79 Å². The molecule has 0 bridgehead atoms. The molecule has 1 saturated heterocycles. The SMILES string of the molecule is O=C(CCNS(=O)(=O)c1c(Cl)cccc1Cl)N1CC(S(=O)(=O)C2CCCCC2)C1. The molecule has 0 unspecified atom stereocenters. The van der Waals surface area contributed by atoms with Crippen LogP contribution in [-0.4, -0.2) is 57.8 Å². The molecule has 1 N–H and O–H groups in total. The van der Waals surface area contributed by atoms with Gasteiger partial charge in [-0.1, -0.05) is 48.5 Å². The molecular formula is C18H24Cl2N2O5S2. The first-order chi connectivity index (χ1) is 13.6. The second-order valence-electron chi connectivity index (χ2n) is 7.47. The van der Waals surface area contributed by atoms with Crippen LogP contribution in [0.4, 0.5) is 0 Å². The van der Waals surface area contributed by atoms with Crippen molar-refractivity contribution in [3.8, 4) is 0 Å². The number of nitrogens with zero attached hydrogens (tertiary/aromatic N) is 1. The molecule has 0 spiro atoms. The lowest BCUT2D eigenvalue weighted by Gasteiger charge is -2.41. The fraction of sp³-hybridized carbons (Fsp3) is 0.611. The summed E-state index contributed by atoms with van der Waals surface area (Å²) in [5.74, 6) is -0.284. The highest BCUT2D eigenvalue weighted by molar-refractivity contribution is 7.92. The summed E-state index contributed by atoms with van der Waals surface area (Å²) in [5, 5.41) is -0.802. The number of halogens is 2. The number of rotatable bonds is 7. The lowest BCUT2D eigenvalue weighted by Crippen LogP contribution is -2.59. The zero-order valence-corrected chi connectivity index (χ0v) is 19.0. The standard InChI is InChI=1S/C18H24Cl2N2O5S2/c19-15-7-4-8-16(20)18(15)29(26,27)21-10-9-17(23)22-11-14(12-22)28(24,25)13-5-2-1-3-6-13/h4,7-8,13-14,21H,1-3,5-6,9-12H2. The Labute approximate surface area is 181 Å². The average molecular weight is 483 g/mol. The van der Waals surface area contributed by atoms with Crippen LogP contribution in [0.25, 0.3) is 0 Å². The van der Waals surface area contributed by atoms with E-state index in [0.717, 1.165) is 19.3 Å². The fourth-order valence-corrected chi connectivity index (χ4v) is 8.26. The quantitative estimate of drug-likeness (QED) is 0.643. The van der Waals surface area contributed by atoms with Gasteiger partial charge in [0.05, 0.1) is 20.5 Å². The van der Waals surface area contributed by atoms with Crippen molar-refractivity contribution < 1.29 is 21.6 Å². The van der Waals surface area contributed by atoms with E-state index < -0.39 is 25.1 Å². The molecule has 0 aromatic heterocycles. The number of carbonyl (C=O) groups is 1. The normalized spacial score (nSPS) is 19.2. The van der Waals surface area contributed by atoms with Crippen molar-refractivity contribution >= 4 is 49.0 Å². The van der Waals surface area contributed by atoms with Crippen LogP contribution in [-0.2, 0) is 24.7 Å². The van der Waals surface area contributed by atoms with Crippen LogP contribution >= 0.6 is 23.2 Å². The Bertz CT molecular complexity index is 950. The number of benzene rings is 1. The summed E-state index contributed by atoms with van der Waals surface area (Å²) in [6.45, 7) is 0.237. The zero-order chi connectivity index (χ0) is 21.2. The predicted octanol–water partition coefficient (Wildman–Crippen LogP) is 2.62. The molecule has 1 aromatic carbocycles. The van der Waals surface area contributed by atoms with Gasteiger partial charge in [0.2, 0.25) is 15.9 Å². The largest absolute Gasteiger partial charge is 0.340 e. The van der Waals surface area contributed by atoms with E-state index >= 15 is 0 Å². The lowest BCUT2D eigenvalue weighted by molar-refractivity contribution is -0.134. The Morgan fingerprint density at radius 2 is 1.59 bits per heavy atom. The van der Waals surface area contributed by atoms with Crippen molar-refractivity contribution in [3.05, 3.63) is 28.2 Å². The maximum absolute atomic E-state index is 12.6. The molecular weight excluding hydrogens is 459 g/mol. The minimum atomic E-state index is -3.96. The molecule has 1 aliphatic carbocycles. The molecule has 1 heterocycles. The second-order valence-corrected chi connectivity index (χ2v) is 12.5. The van der Waals surface area contributed by atoms with Gasteiger partial charge in [0.1, 0.15) is 4.90 Å². The highest BCUT2D eigenvalue weighted by Crippen LogP contribution is 2.30. The Morgan fingerprint density at radius 1 is 1.00 bits per heavy atom.